The first kappa shape index (κ1) is 20.6. The van der Waals surface area contributed by atoms with Crippen molar-refractivity contribution in [3.05, 3.63) is 46.9 Å². The second kappa shape index (κ2) is 8.99. The molecule has 0 aliphatic carbocycles. The molecular formula is C20H28N4O3S2. The van der Waals surface area contributed by atoms with Gasteiger partial charge in [-0.3, -0.25) is 4.79 Å². The standard InChI is InChI=1S/C20H28N4O3S2/c25-20(16-19(18-6-15-28-17-18)21-7-1-2-8-21)22-9-5-12-24(14-13-22)29(26,27)23-10-3-4-11-23/h1-2,6-8,15,17,19H,3-5,9-14,16H2/t19-/m0/s1. The molecule has 29 heavy (non-hydrogen) atoms. The largest absolute Gasteiger partial charge is 0.346 e. The van der Waals surface area contributed by atoms with Gasteiger partial charge in [-0.15, -0.1) is 0 Å². The zero-order valence-electron chi connectivity index (χ0n) is 16.5. The molecule has 2 aromatic rings. The molecule has 0 spiro atoms. The molecular weight excluding hydrogens is 408 g/mol. The normalized spacial score (nSPS) is 20.6. The van der Waals surface area contributed by atoms with E-state index >= 15 is 0 Å². The Morgan fingerprint density at radius 2 is 1.66 bits per heavy atom. The van der Waals surface area contributed by atoms with Crippen LogP contribution in [0.4, 0.5) is 0 Å². The van der Waals surface area contributed by atoms with Crippen LogP contribution in [0.3, 0.4) is 0 Å². The van der Waals surface area contributed by atoms with E-state index in [0.717, 1.165) is 18.4 Å². The van der Waals surface area contributed by atoms with Crippen molar-refractivity contribution in [2.24, 2.45) is 0 Å². The third kappa shape index (κ3) is 4.58. The Hall–Kier alpha value is -1.68. The van der Waals surface area contributed by atoms with Crippen molar-refractivity contribution in [1.29, 1.82) is 0 Å². The predicted molar refractivity (Wildman–Crippen MR) is 114 cm³/mol. The van der Waals surface area contributed by atoms with Gasteiger partial charge in [-0.25, -0.2) is 0 Å². The molecule has 0 bridgehead atoms. The molecule has 9 heteroatoms. The molecule has 0 N–H and O–H groups in total. The lowest BCUT2D eigenvalue weighted by Crippen LogP contribution is -2.44. The summed E-state index contributed by atoms with van der Waals surface area (Å²) >= 11 is 1.63. The van der Waals surface area contributed by atoms with Gasteiger partial charge in [0.2, 0.25) is 5.91 Å². The van der Waals surface area contributed by atoms with E-state index < -0.39 is 10.2 Å². The molecule has 7 nitrogen and oxygen atoms in total. The maximum absolute atomic E-state index is 13.1. The molecule has 2 aromatic heterocycles. The van der Waals surface area contributed by atoms with Crippen molar-refractivity contribution in [1.82, 2.24) is 18.1 Å². The maximum atomic E-state index is 13.1. The van der Waals surface area contributed by atoms with E-state index in [9.17, 15) is 13.2 Å². The average Bonchev–Trinajstić information content (AvgIpc) is 3.46. The Balaban J connectivity index is 1.41. The average molecular weight is 437 g/mol. The fourth-order valence-electron chi connectivity index (χ4n) is 4.17. The van der Waals surface area contributed by atoms with Gasteiger partial charge in [-0.2, -0.15) is 28.4 Å². The monoisotopic (exact) mass is 436 g/mol. The van der Waals surface area contributed by atoms with Crippen LogP contribution >= 0.6 is 11.3 Å². The Bertz CT molecular complexity index is 856. The summed E-state index contributed by atoms with van der Waals surface area (Å²) in [6.45, 7) is 3.13. The third-order valence-corrected chi connectivity index (χ3v) is 8.55. The van der Waals surface area contributed by atoms with E-state index in [1.54, 1.807) is 19.9 Å². The van der Waals surface area contributed by atoms with E-state index in [-0.39, 0.29) is 11.9 Å². The first-order valence-electron chi connectivity index (χ1n) is 10.2. The zero-order valence-corrected chi connectivity index (χ0v) is 18.2. The molecule has 1 atom stereocenters. The van der Waals surface area contributed by atoms with Crippen LogP contribution in [0.25, 0.3) is 0 Å². The summed E-state index contributed by atoms with van der Waals surface area (Å²) in [5.74, 6) is 0.0790. The number of nitrogens with zero attached hydrogens (tertiary/aromatic N) is 4. The fourth-order valence-corrected chi connectivity index (χ4v) is 6.59. The van der Waals surface area contributed by atoms with Crippen LogP contribution in [0.5, 0.6) is 0 Å². The summed E-state index contributed by atoms with van der Waals surface area (Å²) in [4.78, 5) is 14.9. The van der Waals surface area contributed by atoms with Gasteiger partial charge in [-0.1, -0.05) is 0 Å². The topological polar surface area (TPSA) is 65.9 Å². The second-order valence-electron chi connectivity index (χ2n) is 7.65. The Morgan fingerprint density at radius 1 is 0.966 bits per heavy atom. The lowest BCUT2D eigenvalue weighted by atomic mass is 10.1. The molecule has 0 aromatic carbocycles. The first-order chi connectivity index (χ1) is 14.1. The van der Waals surface area contributed by atoms with Crippen LogP contribution in [0, 0.1) is 0 Å². The Morgan fingerprint density at radius 3 is 2.34 bits per heavy atom. The van der Waals surface area contributed by atoms with Gasteiger partial charge in [0.1, 0.15) is 0 Å². The maximum Gasteiger partial charge on any atom is 0.282 e. The summed E-state index contributed by atoms with van der Waals surface area (Å²) in [6, 6.07) is 5.97. The Labute approximate surface area is 176 Å². The lowest BCUT2D eigenvalue weighted by molar-refractivity contribution is -0.131. The molecule has 2 fully saturated rings. The summed E-state index contributed by atoms with van der Waals surface area (Å²) in [7, 11) is -3.40. The van der Waals surface area contributed by atoms with Crippen LogP contribution in [0.2, 0.25) is 0 Å². The van der Waals surface area contributed by atoms with Gasteiger partial charge in [0, 0.05) is 51.7 Å². The summed E-state index contributed by atoms with van der Waals surface area (Å²) in [5, 5.41) is 4.12. The second-order valence-corrected chi connectivity index (χ2v) is 10.4. The number of carbonyl (C=O) groups is 1. The number of hydrogen-bond donors (Lipinski definition) is 0. The van der Waals surface area contributed by atoms with E-state index in [1.165, 1.54) is 0 Å². The number of rotatable bonds is 6. The molecule has 1 amide bonds. The zero-order chi connectivity index (χ0) is 20.3. The summed E-state index contributed by atoms with van der Waals surface area (Å²) in [6.07, 6.45) is 6.89. The fraction of sp³-hybridized carbons (Fsp3) is 0.550. The van der Waals surface area contributed by atoms with Crippen LogP contribution in [0.15, 0.2) is 41.4 Å². The number of aromatic nitrogens is 1. The summed E-state index contributed by atoms with van der Waals surface area (Å²) < 4.78 is 30.9. The first-order valence-corrected chi connectivity index (χ1v) is 12.6. The van der Waals surface area contributed by atoms with Gasteiger partial charge in [0.05, 0.1) is 12.5 Å². The molecule has 0 unspecified atom stereocenters. The molecule has 158 valence electrons. The van der Waals surface area contributed by atoms with E-state index in [1.807, 2.05) is 34.8 Å². The van der Waals surface area contributed by atoms with Crippen molar-refractivity contribution < 1.29 is 13.2 Å². The van der Waals surface area contributed by atoms with Gasteiger partial charge >= 0.3 is 0 Å². The highest BCUT2D eigenvalue weighted by atomic mass is 32.2. The van der Waals surface area contributed by atoms with Gasteiger partial charge in [0.15, 0.2) is 0 Å². The molecule has 2 aliphatic rings. The number of hydrogen-bond acceptors (Lipinski definition) is 4. The smallest absolute Gasteiger partial charge is 0.282 e. The van der Waals surface area contributed by atoms with Gasteiger partial charge < -0.3 is 9.47 Å². The SMILES string of the molecule is O=C(C[C@@H](c1ccsc1)n1cccc1)N1CCCN(S(=O)(=O)N2CCCC2)CC1. The highest BCUT2D eigenvalue weighted by molar-refractivity contribution is 7.86. The minimum Gasteiger partial charge on any atom is -0.346 e. The van der Waals surface area contributed by atoms with Crippen molar-refractivity contribution in [3.8, 4) is 0 Å². The van der Waals surface area contributed by atoms with E-state index in [2.05, 4.69) is 16.0 Å². The minimum atomic E-state index is -3.40. The Kier molecular flexibility index (Phi) is 6.38. The van der Waals surface area contributed by atoms with E-state index in [0.29, 0.717) is 52.1 Å². The van der Waals surface area contributed by atoms with Crippen molar-refractivity contribution >= 4 is 27.5 Å². The van der Waals surface area contributed by atoms with Crippen molar-refractivity contribution in [2.45, 2.75) is 31.7 Å². The highest BCUT2D eigenvalue weighted by Crippen LogP contribution is 2.26. The van der Waals surface area contributed by atoms with Crippen LogP contribution in [-0.4, -0.2) is 71.7 Å². The van der Waals surface area contributed by atoms with Crippen molar-refractivity contribution in [2.75, 3.05) is 39.3 Å². The molecule has 0 saturated carbocycles. The highest BCUT2D eigenvalue weighted by Gasteiger charge is 2.33. The molecule has 2 saturated heterocycles. The quantitative estimate of drug-likeness (QED) is 0.698. The molecule has 0 radical (unpaired) electrons. The van der Waals surface area contributed by atoms with E-state index in [4.69, 9.17) is 0 Å². The number of amides is 1. The van der Waals surface area contributed by atoms with Gasteiger partial charge in [0.25, 0.3) is 10.2 Å². The minimum absolute atomic E-state index is 0.0311. The summed E-state index contributed by atoms with van der Waals surface area (Å²) in [5.41, 5.74) is 1.13. The lowest BCUT2D eigenvalue weighted by Gasteiger charge is -2.27. The molecule has 4 rings (SSSR count). The number of carbonyl (C=O) groups excluding carboxylic acids is 1. The van der Waals surface area contributed by atoms with Crippen LogP contribution in [-0.2, 0) is 15.0 Å². The predicted octanol–water partition coefficient (Wildman–Crippen LogP) is 2.40. The third-order valence-electron chi connectivity index (χ3n) is 5.81. The van der Waals surface area contributed by atoms with Crippen molar-refractivity contribution in [3.63, 3.8) is 0 Å². The van der Waals surface area contributed by atoms with Crippen LogP contribution < -0.4 is 0 Å². The van der Waals surface area contributed by atoms with Crippen LogP contribution in [0.1, 0.15) is 37.3 Å². The van der Waals surface area contributed by atoms with Gasteiger partial charge in [-0.05, 0) is 53.8 Å². The number of thiophene rings is 1. The molecule has 4 heterocycles. The molecule has 2 aliphatic heterocycles.